The van der Waals surface area contributed by atoms with Crippen LogP contribution in [0.4, 0.5) is 14.5 Å². The monoisotopic (exact) mass is 290 g/mol. The number of nitrogens with one attached hydrogen (secondary N) is 1. The van der Waals surface area contributed by atoms with E-state index in [1.165, 1.54) is 12.1 Å². The van der Waals surface area contributed by atoms with Crippen molar-refractivity contribution < 1.29 is 8.78 Å². The first kappa shape index (κ1) is 11.8. The molecule has 1 aromatic rings. The van der Waals surface area contributed by atoms with Crippen LogP contribution in [0, 0.1) is 11.6 Å². The van der Waals surface area contributed by atoms with Gasteiger partial charge >= 0.3 is 0 Å². The Labute approximate surface area is 102 Å². The molecule has 0 aliphatic carbocycles. The number of rotatable bonds is 1. The molecular weight excluding hydrogens is 278 g/mol. The molecule has 0 amide bonds. The molecule has 1 unspecified atom stereocenters. The van der Waals surface area contributed by atoms with Gasteiger partial charge in [-0.05, 0) is 35.0 Å². The first-order valence-corrected chi connectivity index (χ1v) is 6.00. The maximum Gasteiger partial charge on any atom is 0.163 e. The van der Waals surface area contributed by atoms with Gasteiger partial charge in [-0.2, -0.15) is 0 Å². The highest BCUT2D eigenvalue weighted by molar-refractivity contribution is 9.10. The number of nitrogens with zero attached hydrogens (tertiary/aromatic N) is 1. The highest BCUT2D eigenvalue weighted by atomic mass is 79.9. The summed E-state index contributed by atoms with van der Waals surface area (Å²) < 4.78 is 27.7. The Kier molecular flexibility index (Phi) is 3.44. The van der Waals surface area contributed by atoms with Gasteiger partial charge in [0.2, 0.25) is 0 Å². The molecule has 1 saturated heterocycles. The summed E-state index contributed by atoms with van der Waals surface area (Å²) in [6.45, 7) is 3.98. The van der Waals surface area contributed by atoms with E-state index in [1.807, 2.05) is 6.92 Å². The summed E-state index contributed by atoms with van der Waals surface area (Å²) in [6, 6.07) is 2.92. The van der Waals surface area contributed by atoms with Gasteiger partial charge in [0.1, 0.15) is 11.5 Å². The number of piperazine rings is 1. The molecule has 2 rings (SSSR count). The van der Waals surface area contributed by atoms with E-state index in [4.69, 9.17) is 0 Å². The minimum Gasteiger partial charge on any atom is -0.364 e. The third kappa shape index (κ3) is 2.20. The number of hydrogen-bond acceptors (Lipinski definition) is 2. The normalized spacial score (nSPS) is 21.2. The van der Waals surface area contributed by atoms with E-state index < -0.39 is 11.6 Å². The lowest BCUT2D eigenvalue weighted by atomic mass is 10.2. The molecule has 1 aromatic carbocycles. The molecule has 1 aliphatic rings. The second kappa shape index (κ2) is 4.67. The fraction of sp³-hybridized carbons (Fsp3) is 0.455. The zero-order valence-corrected chi connectivity index (χ0v) is 10.5. The van der Waals surface area contributed by atoms with Gasteiger partial charge in [-0.3, -0.25) is 0 Å². The van der Waals surface area contributed by atoms with Gasteiger partial charge in [0.15, 0.2) is 5.82 Å². The Hall–Kier alpha value is -0.680. The topological polar surface area (TPSA) is 15.3 Å². The first-order chi connectivity index (χ1) is 7.59. The van der Waals surface area contributed by atoms with Gasteiger partial charge in [0.25, 0.3) is 0 Å². The van der Waals surface area contributed by atoms with Gasteiger partial charge in [-0.15, -0.1) is 0 Å². The molecule has 0 spiro atoms. The van der Waals surface area contributed by atoms with E-state index in [0.29, 0.717) is 17.6 Å². The SMILES string of the molecule is CC1CN(c2c(F)ccc(Br)c2F)CCN1. The van der Waals surface area contributed by atoms with E-state index in [-0.39, 0.29) is 11.7 Å². The fourth-order valence-electron chi connectivity index (χ4n) is 1.94. The van der Waals surface area contributed by atoms with Gasteiger partial charge < -0.3 is 10.2 Å². The van der Waals surface area contributed by atoms with E-state index in [0.717, 1.165) is 6.54 Å². The number of anilines is 1. The number of benzene rings is 1. The first-order valence-electron chi connectivity index (χ1n) is 5.21. The Morgan fingerprint density at radius 2 is 2.19 bits per heavy atom. The average molecular weight is 291 g/mol. The number of hydrogen-bond donors (Lipinski definition) is 1. The van der Waals surface area contributed by atoms with Crippen LogP contribution in [-0.2, 0) is 0 Å². The van der Waals surface area contributed by atoms with E-state index in [9.17, 15) is 8.78 Å². The van der Waals surface area contributed by atoms with Crippen molar-refractivity contribution in [2.75, 3.05) is 24.5 Å². The summed E-state index contributed by atoms with van der Waals surface area (Å²) in [7, 11) is 0. The minimum atomic E-state index is -0.519. The average Bonchev–Trinajstić information content (AvgIpc) is 2.24. The lowest BCUT2D eigenvalue weighted by Gasteiger charge is -2.34. The summed E-state index contributed by atoms with van der Waals surface area (Å²) in [4.78, 5) is 1.75. The molecule has 1 atom stereocenters. The summed E-state index contributed by atoms with van der Waals surface area (Å²) in [5.74, 6) is -1.02. The summed E-state index contributed by atoms with van der Waals surface area (Å²) in [5, 5.41) is 3.24. The molecule has 2 nitrogen and oxygen atoms in total. The zero-order valence-electron chi connectivity index (χ0n) is 8.93. The molecule has 0 saturated carbocycles. The molecule has 0 aromatic heterocycles. The predicted molar refractivity (Wildman–Crippen MR) is 63.7 cm³/mol. The highest BCUT2D eigenvalue weighted by Crippen LogP contribution is 2.29. The van der Waals surface area contributed by atoms with Crippen LogP contribution in [0.5, 0.6) is 0 Å². The smallest absolute Gasteiger partial charge is 0.163 e. The third-order valence-electron chi connectivity index (χ3n) is 2.70. The van der Waals surface area contributed by atoms with Gasteiger partial charge in [-0.25, -0.2) is 8.78 Å². The fourth-order valence-corrected chi connectivity index (χ4v) is 2.26. The van der Waals surface area contributed by atoms with Crippen LogP contribution in [0.15, 0.2) is 16.6 Å². The van der Waals surface area contributed by atoms with E-state index >= 15 is 0 Å². The quantitative estimate of drug-likeness (QED) is 0.800. The lowest BCUT2D eigenvalue weighted by molar-refractivity contribution is 0.469. The minimum absolute atomic E-state index is 0.0720. The molecule has 1 aliphatic heterocycles. The summed E-state index contributed by atoms with van der Waals surface area (Å²) in [5.41, 5.74) is 0.0720. The Bertz CT molecular complexity index is 398. The Morgan fingerprint density at radius 1 is 1.44 bits per heavy atom. The Balaban J connectivity index is 2.35. The van der Waals surface area contributed by atoms with Crippen molar-refractivity contribution in [3.8, 4) is 0 Å². The van der Waals surface area contributed by atoms with Crippen LogP contribution in [0.1, 0.15) is 6.92 Å². The van der Waals surface area contributed by atoms with Crippen molar-refractivity contribution in [3.05, 3.63) is 28.2 Å². The molecule has 16 heavy (non-hydrogen) atoms. The van der Waals surface area contributed by atoms with Crippen molar-refractivity contribution in [1.29, 1.82) is 0 Å². The van der Waals surface area contributed by atoms with Crippen LogP contribution in [-0.4, -0.2) is 25.7 Å². The molecule has 1 fully saturated rings. The predicted octanol–water partition coefficient (Wildman–Crippen LogP) is 2.53. The largest absolute Gasteiger partial charge is 0.364 e. The molecule has 0 radical (unpaired) electrons. The van der Waals surface area contributed by atoms with Crippen LogP contribution in [0.25, 0.3) is 0 Å². The number of halogens is 3. The lowest BCUT2D eigenvalue weighted by Crippen LogP contribution is -2.49. The Morgan fingerprint density at radius 3 is 2.88 bits per heavy atom. The second-order valence-electron chi connectivity index (χ2n) is 3.99. The molecule has 5 heteroatoms. The van der Waals surface area contributed by atoms with Crippen LogP contribution < -0.4 is 10.2 Å². The van der Waals surface area contributed by atoms with E-state index in [1.54, 1.807) is 4.90 Å². The second-order valence-corrected chi connectivity index (χ2v) is 4.85. The maximum absolute atomic E-state index is 13.8. The maximum atomic E-state index is 13.8. The third-order valence-corrected chi connectivity index (χ3v) is 3.32. The van der Waals surface area contributed by atoms with Crippen molar-refractivity contribution in [2.24, 2.45) is 0 Å². The molecule has 1 N–H and O–H groups in total. The van der Waals surface area contributed by atoms with Crippen LogP contribution >= 0.6 is 15.9 Å². The van der Waals surface area contributed by atoms with Gasteiger partial charge in [0.05, 0.1) is 4.47 Å². The standard InChI is InChI=1S/C11H13BrF2N2/c1-7-6-16(5-4-15-7)11-9(13)3-2-8(12)10(11)14/h2-3,7,15H,4-6H2,1H3. The van der Waals surface area contributed by atoms with Crippen molar-refractivity contribution >= 4 is 21.6 Å². The van der Waals surface area contributed by atoms with Crippen molar-refractivity contribution in [2.45, 2.75) is 13.0 Å². The van der Waals surface area contributed by atoms with Gasteiger partial charge in [0, 0.05) is 25.7 Å². The van der Waals surface area contributed by atoms with Crippen molar-refractivity contribution in [1.82, 2.24) is 5.32 Å². The van der Waals surface area contributed by atoms with Crippen LogP contribution in [0.2, 0.25) is 0 Å². The summed E-state index contributed by atoms with van der Waals surface area (Å²) >= 11 is 3.08. The van der Waals surface area contributed by atoms with Gasteiger partial charge in [-0.1, -0.05) is 0 Å². The highest BCUT2D eigenvalue weighted by Gasteiger charge is 2.23. The molecular formula is C11H13BrF2N2. The molecule has 88 valence electrons. The van der Waals surface area contributed by atoms with E-state index in [2.05, 4.69) is 21.2 Å². The van der Waals surface area contributed by atoms with Crippen molar-refractivity contribution in [3.63, 3.8) is 0 Å². The molecule has 0 bridgehead atoms. The zero-order chi connectivity index (χ0) is 11.7. The summed E-state index contributed by atoms with van der Waals surface area (Å²) in [6.07, 6.45) is 0. The molecule has 1 heterocycles. The van der Waals surface area contributed by atoms with Crippen LogP contribution in [0.3, 0.4) is 0 Å².